The Kier molecular flexibility index (Phi) is 0.947. The zero-order valence-corrected chi connectivity index (χ0v) is 5.32. The summed E-state index contributed by atoms with van der Waals surface area (Å²) in [6, 6.07) is 5.71. The number of Topliss-reactive ketones (excluding diaryl/α,β-unsaturated/α-hetero) is 1. The van der Waals surface area contributed by atoms with Crippen LogP contribution in [0.2, 0.25) is 0 Å². The first kappa shape index (κ1) is 5.35. The SMILES string of the molecule is O=C1C=c2cccc[n+]2=C1. The van der Waals surface area contributed by atoms with Crippen molar-refractivity contribution in [2.75, 3.05) is 0 Å². The highest BCUT2D eigenvalue weighted by molar-refractivity contribution is 6.09. The molecule has 0 aliphatic carbocycles. The lowest BCUT2D eigenvalue weighted by atomic mass is 10.4. The van der Waals surface area contributed by atoms with E-state index in [1.807, 2.05) is 28.6 Å². The van der Waals surface area contributed by atoms with Crippen LogP contribution in [0.1, 0.15) is 0 Å². The zero-order chi connectivity index (χ0) is 6.97. The molecule has 0 radical (unpaired) electrons. The molecule has 2 heteroatoms. The van der Waals surface area contributed by atoms with Gasteiger partial charge in [0.15, 0.2) is 6.20 Å². The molecule has 0 atom stereocenters. The maximum absolute atomic E-state index is 10.8. The minimum Gasteiger partial charge on any atom is -0.283 e. The number of pyridine rings is 1. The predicted octanol–water partition coefficient (Wildman–Crippen LogP) is -0.653. The molecular weight excluding hydrogens is 126 g/mol. The first-order valence-electron chi connectivity index (χ1n) is 3.10. The van der Waals surface area contributed by atoms with Gasteiger partial charge in [-0.1, -0.05) is 0 Å². The molecule has 1 aromatic heterocycles. The van der Waals surface area contributed by atoms with Crippen molar-refractivity contribution in [1.29, 1.82) is 0 Å². The number of hydrogen-bond acceptors (Lipinski definition) is 1. The highest BCUT2D eigenvalue weighted by Crippen LogP contribution is 1.78. The molecule has 1 aliphatic rings. The normalized spacial score (nSPS) is 13.8. The quantitative estimate of drug-likeness (QED) is 0.430. The molecule has 10 heavy (non-hydrogen) atoms. The molecule has 0 aromatic carbocycles. The lowest BCUT2D eigenvalue weighted by molar-refractivity contribution is -0.518. The first-order chi connectivity index (χ1) is 4.86. The summed E-state index contributed by atoms with van der Waals surface area (Å²) < 4.78 is 1.81. The fourth-order valence-corrected chi connectivity index (χ4v) is 1.03. The highest BCUT2D eigenvalue weighted by atomic mass is 16.1. The van der Waals surface area contributed by atoms with Crippen molar-refractivity contribution in [3.8, 4) is 0 Å². The van der Waals surface area contributed by atoms with Gasteiger partial charge in [-0.2, -0.15) is 4.24 Å². The van der Waals surface area contributed by atoms with Gasteiger partial charge in [0.1, 0.15) is 0 Å². The van der Waals surface area contributed by atoms with Crippen molar-refractivity contribution in [2.24, 2.45) is 0 Å². The molecule has 48 valence electrons. The summed E-state index contributed by atoms with van der Waals surface area (Å²) in [6.07, 6.45) is 5.03. The molecule has 0 spiro atoms. The number of ketones is 1. The van der Waals surface area contributed by atoms with Crippen molar-refractivity contribution in [2.45, 2.75) is 0 Å². The lowest BCUT2D eigenvalue weighted by Crippen LogP contribution is -2.32. The number of fused-ring (bicyclic) bond motifs is 1. The van der Waals surface area contributed by atoms with Gasteiger partial charge in [0.05, 0.1) is 6.08 Å². The van der Waals surface area contributed by atoms with Gasteiger partial charge >= 0.3 is 0 Å². The molecule has 1 aromatic rings. The van der Waals surface area contributed by atoms with Gasteiger partial charge in [-0.3, -0.25) is 4.79 Å². The number of carbonyl (C=O) groups is 1. The number of carbonyl (C=O) groups excluding carboxylic acids is 1. The smallest absolute Gasteiger partial charge is 0.248 e. The van der Waals surface area contributed by atoms with Crippen LogP contribution in [-0.4, -0.2) is 5.78 Å². The largest absolute Gasteiger partial charge is 0.283 e. The fourth-order valence-electron chi connectivity index (χ4n) is 1.03. The summed E-state index contributed by atoms with van der Waals surface area (Å²) in [6.45, 7) is 0. The monoisotopic (exact) mass is 132 g/mol. The van der Waals surface area contributed by atoms with Gasteiger partial charge in [-0.25, -0.2) is 0 Å². The van der Waals surface area contributed by atoms with E-state index in [0.717, 1.165) is 5.35 Å². The van der Waals surface area contributed by atoms with Crippen LogP contribution in [0, 0.1) is 6.21 Å². The van der Waals surface area contributed by atoms with Gasteiger partial charge < -0.3 is 0 Å². The van der Waals surface area contributed by atoms with E-state index < -0.39 is 0 Å². The molecule has 0 unspecified atom stereocenters. The Labute approximate surface area is 57.8 Å². The number of hydrogen-bond donors (Lipinski definition) is 0. The standard InChI is InChI=1S/C8H6NO/c10-8-5-7-3-1-2-4-9(7)6-8/h1-6H/q+1. The van der Waals surface area contributed by atoms with Gasteiger partial charge in [0, 0.05) is 12.1 Å². The maximum atomic E-state index is 10.8. The van der Waals surface area contributed by atoms with Crippen molar-refractivity contribution in [3.05, 3.63) is 36.0 Å². The van der Waals surface area contributed by atoms with Crippen LogP contribution in [0.5, 0.6) is 0 Å². The van der Waals surface area contributed by atoms with Crippen LogP contribution >= 0.6 is 0 Å². The molecule has 1 aliphatic heterocycles. The van der Waals surface area contributed by atoms with Crippen LogP contribution in [0.15, 0.2) is 24.4 Å². The Morgan fingerprint density at radius 3 is 3.00 bits per heavy atom. The molecule has 0 saturated carbocycles. The van der Waals surface area contributed by atoms with Crippen LogP contribution in [0.4, 0.5) is 0 Å². The summed E-state index contributed by atoms with van der Waals surface area (Å²) in [5.41, 5.74) is 0. The summed E-state index contributed by atoms with van der Waals surface area (Å²) in [5.74, 6) is 0.0613. The van der Waals surface area contributed by atoms with E-state index in [1.165, 1.54) is 0 Å². The summed E-state index contributed by atoms with van der Waals surface area (Å²) >= 11 is 0. The molecule has 2 rings (SSSR count). The summed E-state index contributed by atoms with van der Waals surface area (Å²) in [4.78, 5) is 10.8. The molecule has 0 N–H and O–H groups in total. The third-order valence-corrected chi connectivity index (χ3v) is 1.48. The number of rotatable bonds is 0. The highest BCUT2D eigenvalue weighted by Gasteiger charge is 2.07. The van der Waals surface area contributed by atoms with E-state index in [0.29, 0.717) is 0 Å². The molecule has 0 fully saturated rings. The minimum absolute atomic E-state index is 0.0613. The average molecular weight is 132 g/mol. The molecule has 0 amide bonds. The van der Waals surface area contributed by atoms with Crippen LogP contribution in [-0.2, 0) is 4.79 Å². The van der Waals surface area contributed by atoms with E-state index in [2.05, 4.69) is 0 Å². The average Bonchev–Trinajstić information content (AvgIpc) is 2.27. The van der Waals surface area contributed by atoms with Crippen molar-refractivity contribution >= 4 is 11.9 Å². The zero-order valence-electron chi connectivity index (χ0n) is 5.32. The second-order valence-corrected chi connectivity index (χ2v) is 2.21. The molecule has 0 saturated heterocycles. The number of aromatic nitrogens is 1. The summed E-state index contributed by atoms with van der Waals surface area (Å²) in [5, 5.41) is 0.951. The van der Waals surface area contributed by atoms with Crippen molar-refractivity contribution in [3.63, 3.8) is 0 Å². The van der Waals surface area contributed by atoms with Gasteiger partial charge in [-0.05, 0) is 6.07 Å². The Morgan fingerprint density at radius 1 is 1.30 bits per heavy atom. The van der Waals surface area contributed by atoms with E-state index in [1.54, 1.807) is 12.3 Å². The van der Waals surface area contributed by atoms with Crippen LogP contribution in [0.3, 0.4) is 0 Å². The van der Waals surface area contributed by atoms with E-state index in [-0.39, 0.29) is 5.78 Å². The fraction of sp³-hybridized carbons (Fsp3) is 0. The third kappa shape index (κ3) is 0.658. The number of nitrogens with zero attached hydrogens (tertiary/aromatic N) is 1. The van der Waals surface area contributed by atoms with Crippen molar-refractivity contribution in [1.82, 2.24) is 0 Å². The Balaban J connectivity index is 2.96. The van der Waals surface area contributed by atoms with Crippen molar-refractivity contribution < 1.29 is 9.04 Å². The van der Waals surface area contributed by atoms with Crippen LogP contribution in [0.25, 0.3) is 6.08 Å². The Morgan fingerprint density at radius 2 is 2.20 bits per heavy atom. The minimum atomic E-state index is 0.0613. The Bertz CT molecular complexity index is 355. The van der Waals surface area contributed by atoms with E-state index >= 15 is 0 Å². The predicted molar refractivity (Wildman–Crippen MR) is 35.4 cm³/mol. The molecule has 2 heterocycles. The summed E-state index contributed by atoms with van der Waals surface area (Å²) in [7, 11) is 0. The second kappa shape index (κ2) is 1.77. The third-order valence-electron chi connectivity index (χ3n) is 1.48. The lowest BCUT2D eigenvalue weighted by Gasteiger charge is -1.71. The second-order valence-electron chi connectivity index (χ2n) is 2.21. The topological polar surface area (TPSA) is 23.0 Å². The van der Waals surface area contributed by atoms with Crippen LogP contribution < -0.4 is 9.59 Å². The first-order valence-corrected chi connectivity index (χ1v) is 3.10. The Hall–Kier alpha value is -1.44. The van der Waals surface area contributed by atoms with Gasteiger partial charge in [0.25, 0.3) is 0 Å². The maximum Gasteiger partial charge on any atom is 0.248 e. The van der Waals surface area contributed by atoms with Gasteiger partial charge in [0.2, 0.25) is 17.3 Å². The van der Waals surface area contributed by atoms with E-state index in [9.17, 15) is 4.79 Å². The molecular formula is C8H6NO+. The van der Waals surface area contributed by atoms with E-state index in [4.69, 9.17) is 0 Å². The van der Waals surface area contributed by atoms with Gasteiger partial charge in [-0.15, -0.1) is 0 Å². The molecule has 2 nitrogen and oxygen atoms in total. The molecule has 0 bridgehead atoms.